The zero-order chi connectivity index (χ0) is 28.6. The minimum absolute atomic E-state index is 0.125. The molecule has 0 aromatic rings. The van der Waals surface area contributed by atoms with Crippen molar-refractivity contribution in [2.75, 3.05) is 6.54 Å². The van der Waals surface area contributed by atoms with Crippen molar-refractivity contribution < 1.29 is 32.3 Å². The van der Waals surface area contributed by atoms with Crippen molar-refractivity contribution in [3.8, 4) is 0 Å². The molecule has 3 aliphatic rings. The molecule has 2 aliphatic carbocycles. The predicted octanol–water partition coefficient (Wildman–Crippen LogP) is 0.967. The third-order valence-electron chi connectivity index (χ3n) is 6.46. The third kappa shape index (κ3) is 7.92. The fourth-order valence-corrected chi connectivity index (χ4v) is 5.54. The summed E-state index contributed by atoms with van der Waals surface area (Å²) >= 11 is 0. The van der Waals surface area contributed by atoms with Crippen molar-refractivity contribution in [3.05, 3.63) is 12.3 Å². The minimum Gasteiger partial charge on any atom is -0.444 e. The smallest absolute Gasteiger partial charge is 0.408 e. The van der Waals surface area contributed by atoms with Crippen LogP contribution in [0.4, 0.5) is 4.79 Å². The molecule has 1 heterocycles. The summed E-state index contributed by atoms with van der Waals surface area (Å²) in [5, 5.41) is 2.11. The van der Waals surface area contributed by atoms with Crippen LogP contribution in [-0.4, -0.2) is 83.6 Å². The predicted molar refractivity (Wildman–Crippen MR) is 140 cm³/mol. The molecular formula is C25H41N5O7S. The molecule has 3 unspecified atom stereocenters. The first kappa shape index (κ1) is 29.9. The van der Waals surface area contributed by atoms with Crippen LogP contribution in [0.2, 0.25) is 0 Å². The van der Waals surface area contributed by atoms with Gasteiger partial charge in [-0.3, -0.25) is 14.4 Å². The zero-order valence-corrected chi connectivity index (χ0v) is 23.8. The van der Waals surface area contributed by atoms with Crippen molar-refractivity contribution in [1.82, 2.24) is 19.8 Å². The molecule has 38 heavy (non-hydrogen) atoms. The highest BCUT2D eigenvalue weighted by molar-refractivity contribution is 7.91. The number of alkyl carbamates (subject to hydrolysis) is 1. The Morgan fingerprint density at radius 1 is 1.05 bits per heavy atom. The van der Waals surface area contributed by atoms with E-state index in [9.17, 15) is 27.6 Å². The molecular weight excluding hydrogens is 514 g/mol. The van der Waals surface area contributed by atoms with E-state index < -0.39 is 68.2 Å². The van der Waals surface area contributed by atoms with E-state index in [0.717, 1.165) is 18.9 Å². The zero-order valence-electron chi connectivity index (χ0n) is 23.0. The highest BCUT2D eigenvalue weighted by atomic mass is 32.2. The normalized spacial score (nSPS) is 23.2. The highest BCUT2D eigenvalue weighted by Gasteiger charge is 2.47. The molecule has 4 amide bonds. The number of hydrogen-bond acceptors (Lipinski definition) is 8. The Morgan fingerprint density at radius 2 is 1.66 bits per heavy atom. The van der Waals surface area contributed by atoms with Gasteiger partial charge in [-0.15, -0.1) is 0 Å². The Balaban J connectivity index is 1.77. The number of sulfonamides is 1. The van der Waals surface area contributed by atoms with Gasteiger partial charge in [0, 0.05) is 30.9 Å². The van der Waals surface area contributed by atoms with Gasteiger partial charge in [0.05, 0.1) is 5.25 Å². The lowest BCUT2D eigenvalue weighted by molar-refractivity contribution is -0.145. The van der Waals surface area contributed by atoms with Gasteiger partial charge in [0.25, 0.3) is 5.91 Å². The van der Waals surface area contributed by atoms with Crippen LogP contribution in [0.5, 0.6) is 0 Å². The number of likely N-dealkylation sites (tertiary alicyclic amines) is 1. The second-order valence-corrected chi connectivity index (χ2v) is 14.4. The number of nitrogens with zero attached hydrogens (tertiary/aromatic N) is 2. The van der Waals surface area contributed by atoms with E-state index in [2.05, 4.69) is 5.32 Å². The molecule has 3 atom stereocenters. The van der Waals surface area contributed by atoms with Crippen LogP contribution in [-0.2, 0) is 29.1 Å². The fourth-order valence-electron chi connectivity index (χ4n) is 4.27. The number of amides is 4. The molecule has 2 saturated carbocycles. The highest BCUT2D eigenvalue weighted by Crippen LogP contribution is 2.32. The molecule has 214 valence electrons. The Hall–Kier alpha value is -2.67. The minimum atomic E-state index is -3.72. The topological polar surface area (TPSA) is 168 Å². The lowest BCUT2D eigenvalue weighted by Gasteiger charge is -2.36. The molecule has 1 aliphatic heterocycles. The molecule has 0 bridgehead atoms. The number of nitrogens with two attached hydrogens (primary N) is 1. The third-order valence-corrected chi connectivity index (χ3v) is 8.30. The van der Waals surface area contributed by atoms with E-state index in [1.807, 2.05) is 4.72 Å². The average Bonchev–Trinajstić information content (AvgIpc) is 3.66. The molecule has 3 rings (SSSR count). The summed E-state index contributed by atoms with van der Waals surface area (Å²) in [4.78, 5) is 54.9. The maximum absolute atomic E-state index is 13.7. The van der Waals surface area contributed by atoms with E-state index in [4.69, 9.17) is 10.5 Å². The molecule has 0 aromatic carbocycles. The Bertz CT molecular complexity index is 1080. The average molecular weight is 556 g/mol. The molecule has 12 nitrogen and oxygen atoms in total. The largest absolute Gasteiger partial charge is 0.444 e. The van der Waals surface area contributed by atoms with Gasteiger partial charge in [-0.2, -0.15) is 0 Å². The Morgan fingerprint density at radius 3 is 2.16 bits per heavy atom. The van der Waals surface area contributed by atoms with E-state index in [1.165, 1.54) is 16.0 Å². The van der Waals surface area contributed by atoms with Gasteiger partial charge in [-0.25, -0.2) is 17.9 Å². The van der Waals surface area contributed by atoms with Crippen molar-refractivity contribution in [3.63, 3.8) is 0 Å². The monoisotopic (exact) mass is 555 g/mol. The summed E-state index contributed by atoms with van der Waals surface area (Å²) in [6, 6.07) is -2.49. The van der Waals surface area contributed by atoms with Gasteiger partial charge >= 0.3 is 6.09 Å². The van der Waals surface area contributed by atoms with Crippen LogP contribution in [0.15, 0.2) is 12.3 Å². The van der Waals surface area contributed by atoms with Crippen LogP contribution >= 0.6 is 0 Å². The maximum Gasteiger partial charge on any atom is 0.408 e. The first-order valence-electron chi connectivity index (χ1n) is 13.0. The van der Waals surface area contributed by atoms with Crippen LogP contribution in [0.3, 0.4) is 0 Å². The molecule has 3 fully saturated rings. The summed E-state index contributed by atoms with van der Waals surface area (Å²) in [6.45, 7) is 10.7. The van der Waals surface area contributed by atoms with Crippen LogP contribution < -0.4 is 15.8 Å². The Kier molecular flexibility index (Phi) is 8.52. The van der Waals surface area contributed by atoms with Crippen molar-refractivity contribution in [2.45, 2.75) is 109 Å². The molecule has 13 heteroatoms. The molecule has 0 radical (unpaired) electrons. The van der Waals surface area contributed by atoms with Crippen molar-refractivity contribution in [1.29, 1.82) is 0 Å². The van der Waals surface area contributed by atoms with Gasteiger partial charge in [-0.05, 0) is 58.3 Å². The molecule has 4 N–H and O–H groups in total. The van der Waals surface area contributed by atoms with E-state index in [-0.39, 0.29) is 19.0 Å². The number of nitrogens with one attached hydrogen (secondary N) is 2. The fraction of sp³-hybridized carbons (Fsp3) is 0.760. The second kappa shape index (κ2) is 10.8. The SMILES string of the molecule is CC(C)(C)OC(=O)NC(C(=O)N1CC(N)CC1C(=O)N(C=CC(=O)NS(=O)(=O)C1CC1)C1CC1)C(C)(C)C. The quantitative estimate of drug-likeness (QED) is 0.372. The standard InChI is InChI=1S/C25H41N5O7S/c1-24(2,3)20(27-23(34)37-25(4,5)6)22(33)30-14-15(26)13-18(30)21(32)29(16-7-8-16)12-11-19(31)28-38(35,36)17-9-10-17/h11-12,15-18,20H,7-10,13-14,26H2,1-6H3,(H,27,34)(H,28,31). The number of carbonyl (C=O) groups is 4. The molecule has 0 aromatic heterocycles. The van der Waals surface area contributed by atoms with E-state index in [0.29, 0.717) is 12.8 Å². The lowest BCUT2D eigenvalue weighted by Crippen LogP contribution is -2.58. The van der Waals surface area contributed by atoms with E-state index in [1.54, 1.807) is 41.5 Å². The van der Waals surface area contributed by atoms with Gasteiger partial charge in [0.1, 0.15) is 17.7 Å². The number of rotatable bonds is 8. The van der Waals surface area contributed by atoms with Crippen LogP contribution in [0.25, 0.3) is 0 Å². The Labute approximate surface area is 224 Å². The summed E-state index contributed by atoms with van der Waals surface area (Å²) in [5.74, 6) is -1.70. The number of ether oxygens (including phenoxy) is 1. The van der Waals surface area contributed by atoms with Crippen LogP contribution in [0.1, 0.15) is 73.6 Å². The first-order valence-corrected chi connectivity index (χ1v) is 14.6. The molecule has 0 spiro atoms. The number of carbonyl (C=O) groups excluding carboxylic acids is 4. The van der Waals surface area contributed by atoms with E-state index >= 15 is 0 Å². The van der Waals surface area contributed by atoms with Crippen molar-refractivity contribution in [2.24, 2.45) is 11.1 Å². The molecule has 1 saturated heterocycles. The lowest BCUT2D eigenvalue weighted by atomic mass is 9.85. The van der Waals surface area contributed by atoms with Crippen molar-refractivity contribution >= 4 is 33.8 Å². The number of hydrogen-bond donors (Lipinski definition) is 3. The maximum atomic E-state index is 13.7. The van der Waals surface area contributed by atoms with Gasteiger partial charge in [-0.1, -0.05) is 20.8 Å². The van der Waals surface area contributed by atoms with Gasteiger partial charge < -0.3 is 25.6 Å². The van der Waals surface area contributed by atoms with Gasteiger partial charge in [0.15, 0.2) is 0 Å². The summed E-state index contributed by atoms with van der Waals surface area (Å²) in [6.07, 6.45) is 4.25. The van der Waals surface area contributed by atoms with Crippen LogP contribution in [0, 0.1) is 5.41 Å². The first-order chi connectivity index (χ1) is 17.4. The summed E-state index contributed by atoms with van der Waals surface area (Å²) in [5.41, 5.74) is 4.72. The summed E-state index contributed by atoms with van der Waals surface area (Å²) < 4.78 is 31.5. The van der Waals surface area contributed by atoms with Gasteiger partial charge in [0.2, 0.25) is 21.8 Å². The second-order valence-electron chi connectivity index (χ2n) is 12.5. The summed E-state index contributed by atoms with van der Waals surface area (Å²) in [7, 11) is -3.72.